The Kier molecular flexibility index (Phi) is 5.38. The Bertz CT molecular complexity index is 719. The molecule has 0 unspecified atom stereocenters. The largest absolute Gasteiger partial charge is 0.484 e. The summed E-state index contributed by atoms with van der Waals surface area (Å²) in [6, 6.07) is 9.34. The third-order valence-corrected chi connectivity index (χ3v) is 4.27. The molecule has 2 amide bonds. The third-order valence-electron chi connectivity index (χ3n) is 4.27. The van der Waals surface area contributed by atoms with Crippen LogP contribution in [0.15, 0.2) is 47.3 Å². The van der Waals surface area contributed by atoms with Gasteiger partial charge in [-0.1, -0.05) is 12.1 Å². The number of carbonyl (C=O) groups excluding carboxylic acids is 2. The lowest BCUT2D eigenvalue weighted by Gasteiger charge is -2.32. The molecule has 1 aliphatic rings. The Morgan fingerprint density at radius 2 is 2.08 bits per heavy atom. The number of furan rings is 1. The summed E-state index contributed by atoms with van der Waals surface area (Å²) in [6.07, 6.45) is 4.42. The zero-order chi connectivity index (χ0) is 17.6. The molecule has 0 saturated carbocycles. The molecule has 0 aliphatic carbocycles. The van der Waals surface area contributed by atoms with Gasteiger partial charge in [0.1, 0.15) is 12.0 Å². The molecule has 1 aliphatic heterocycles. The summed E-state index contributed by atoms with van der Waals surface area (Å²) in [7, 11) is 0. The van der Waals surface area contributed by atoms with E-state index in [9.17, 15) is 9.59 Å². The van der Waals surface area contributed by atoms with Gasteiger partial charge < -0.3 is 19.4 Å². The van der Waals surface area contributed by atoms with E-state index < -0.39 is 0 Å². The zero-order valence-corrected chi connectivity index (χ0v) is 14.2. The molecule has 1 saturated heterocycles. The van der Waals surface area contributed by atoms with Gasteiger partial charge in [0.25, 0.3) is 11.8 Å². The fourth-order valence-electron chi connectivity index (χ4n) is 2.92. The van der Waals surface area contributed by atoms with Crippen molar-refractivity contribution in [3.05, 3.63) is 54.0 Å². The first-order valence-electron chi connectivity index (χ1n) is 8.42. The van der Waals surface area contributed by atoms with Gasteiger partial charge in [0.2, 0.25) is 0 Å². The number of ether oxygens (including phenoxy) is 1. The molecule has 1 fully saturated rings. The summed E-state index contributed by atoms with van der Waals surface area (Å²) in [5, 5.41) is 2.98. The highest BCUT2D eigenvalue weighted by Crippen LogP contribution is 2.15. The molecule has 6 nitrogen and oxygen atoms in total. The Morgan fingerprint density at radius 3 is 2.76 bits per heavy atom. The van der Waals surface area contributed by atoms with Gasteiger partial charge in [-0.25, -0.2) is 0 Å². The highest BCUT2D eigenvalue weighted by Gasteiger charge is 2.25. The number of benzene rings is 1. The molecular weight excluding hydrogens is 320 g/mol. The molecule has 1 N–H and O–H groups in total. The second kappa shape index (κ2) is 7.88. The van der Waals surface area contributed by atoms with E-state index in [0.29, 0.717) is 24.4 Å². The first-order valence-corrected chi connectivity index (χ1v) is 8.42. The number of carbonyl (C=O) groups is 2. The monoisotopic (exact) mass is 342 g/mol. The molecule has 1 aromatic heterocycles. The Labute approximate surface area is 146 Å². The van der Waals surface area contributed by atoms with E-state index in [0.717, 1.165) is 18.4 Å². The summed E-state index contributed by atoms with van der Waals surface area (Å²) in [6.45, 7) is 3.21. The predicted octanol–water partition coefficient (Wildman–Crippen LogP) is 2.39. The van der Waals surface area contributed by atoms with Crippen LogP contribution in [0, 0.1) is 6.92 Å². The van der Waals surface area contributed by atoms with Crippen LogP contribution in [-0.4, -0.2) is 42.5 Å². The van der Waals surface area contributed by atoms with E-state index in [1.54, 1.807) is 11.0 Å². The number of nitrogens with one attached hydrogen (secondary N) is 1. The Hall–Kier alpha value is -2.76. The SMILES string of the molecule is Cc1cccc(OCC(=O)NC2CCN(C(=O)c3ccoc3)CC2)c1. The summed E-state index contributed by atoms with van der Waals surface area (Å²) in [4.78, 5) is 26.1. The lowest BCUT2D eigenvalue weighted by Crippen LogP contribution is -2.47. The topological polar surface area (TPSA) is 71.8 Å². The van der Waals surface area contributed by atoms with Crippen LogP contribution >= 0.6 is 0 Å². The van der Waals surface area contributed by atoms with Crippen molar-refractivity contribution in [2.45, 2.75) is 25.8 Å². The lowest BCUT2D eigenvalue weighted by atomic mass is 10.0. The number of piperidine rings is 1. The average molecular weight is 342 g/mol. The van der Waals surface area contributed by atoms with Gasteiger partial charge in [-0.3, -0.25) is 9.59 Å². The minimum Gasteiger partial charge on any atom is -0.484 e. The number of aryl methyl sites for hydroxylation is 1. The molecule has 0 radical (unpaired) electrons. The van der Waals surface area contributed by atoms with Crippen molar-refractivity contribution in [3.8, 4) is 5.75 Å². The molecule has 1 aromatic carbocycles. The smallest absolute Gasteiger partial charge is 0.258 e. The number of hydrogen-bond acceptors (Lipinski definition) is 4. The standard InChI is InChI=1S/C19H22N2O4/c1-14-3-2-4-17(11-14)25-13-18(22)20-16-5-8-21(9-6-16)19(23)15-7-10-24-12-15/h2-4,7,10-12,16H,5-6,8-9,13H2,1H3,(H,20,22). The summed E-state index contributed by atoms with van der Waals surface area (Å²) in [5.74, 6) is 0.526. The van der Waals surface area contributed by atoms with E-state index in [-0.39, 0.29) is 24.5 Å². The number of hydrogen-bond donors (Lipinski definition) is 1. The zero-order valence-electron chi connectivity index (χ0n) is 14.2. The van der Waals surface area contributed by atoms with Crippen molar-refractivity contribution in [2.75, 3.05) is 19.7 Å². The van der Waals surface area contributed by atoms with Gasteiger partial charge in [-0.05, 0) is 43.5 Å². The molecule has 0 bridgehead atoms. The van der Waals surface area contributed by atoms with Crippen molar-refractivity contribution in [3.63, 3.8) is 0 Å². The van der Waals surface area contributed by atoms with Crippen molar-refractivity contribution >= 4 is 11.8 Å². The summed E-state index contributed by atoms with van der Waals surface area (Å²) in [5.41, 5.74) is 1.65. The molecule has 132 valence electrons. The normalized spacial score (nSPS) is 15.0. The summed E-state index contributed by atoms with van der Waals surface area (Å²) < 4.78 is 10.5. The quantitative estimate of drug-likeness (QED) is 0.906. The molecule has 0 atom stereocenters. The fourth-order valence-corrected chi connectivity index (χ4v) is 2.92. The number of likely N-dealkylation sites (tertiary alicyclic amines) is 1. The van der Waals surface area contributed by atoms with E-state index in [1.807, 2.05) is 31.2 Å². The highest BCUT2D eigenvalue weighted by molar-refractivity contribution is 5.93. The van der Waals surface area contributed by atoms with Crippen LogP contribution in [0.1, 0.15) is 28.8 Å². The van der Waals surface area contributed by atoms with Crippen molar-refractivity contribution in [2.24, 2.45) is 0 Å². The third kappa shape index (κ3) is 4.62. The van der Waals surface area contributed by atoms with Gasteiger partial charge in [0, 0.05) is 19.1 Å². The molecule has 2 aromatic rings. The van der Waals surface area contributed by atoms with E-state index in [1.165, 1.54) is 12.5 Å². The van der Waals surface area contributed by atoms with Crippen molar-refractivity contribution in [1.29, 1.82) is 0 Å². The van der Waals surface area contributed by atoms with Gasteiger partial charge in [0.15, 0.2) is 6.61 Å². The average Bonchev–Trinajstić information content (AvgIpc) is 3.15. The first-order chi connectivity index (χ1) is 12.1. The first kappa shape index (κ1) is 17.1. The fraction of sp³-hybridized carbons (Fsp3) is 0.368. The van der Waals surface area contributed by atoms with E-state index >= 15 is 0 Å². The molecule has 0 spiro atoms. The lowest BCUT2D eigenvalue weighted by molar-refractivity contribution is -0.124. The van der Waals surface area contributed by atoms with Gasteiger partial charge in [-0.15, -0.1) is 0 Å². The van der Waals surface area contributed by atoms with Crippen LogP contribution in [-0.2, 0) is 4.79 Å². The minimum atomic E-state index is -0.138. The van der Waals surface area contributed by atoms with E-state index in [4.69, 9.17) is 9.15 Å². The van der Waals surface area contributed by atoms with Gasteiger partial charge in [0.05, 0.1) is 11.8 Å². The number of amides is 2. The van der Waals surface area contributed by atoms with Crippen LogP contribution in [0.2, 0.25) is 0 Å². The highest BCUT2D eigenvalue weighted by atomic mass is 16.5. The van der Waals surface area contributed by atoms with Crippen LogP contribution in [0.3, 0.4) is 0 Å². The molecule has 3 rings (SSSR count). The molecule has 25 heavy (non-hydrogen) atoms. The maximum atomic E-state index is 12.2. The Morgan fingerprint density at radius 1 is 1.28 bits per heavy atom. The van der Waals surface area contributed by atoms with Gasteiger partial charge >= 0.3 is 0 Å². The second-order valence-electron chi connectivity index (χ2n) is 6.25. The Balaban J connectivity index is 1.41. The molecular formula is C19H22N2O4. The molecule has 2 heterocycles. The van der Waals surface area contributed by atoms with Crippen LogP contribution in [0.25, 0.3) is 0 Å². The van der Waals surface area contributed by atoms with Gasteiger partial charge in [-0.2, -0.15) is 0 Å². The number of nitrogens with zero attached hydrogens (tertiary/aromatic N) is 1. The maximum Gasteiger partial charge on any atom is 0.258 e. The summed E-state index contributed by atoms with van der Waals surface area (Å²) >= 11 is 0. The van der Waals surface area contributed by atoms with Crippen LogP contribution in [0.5, 0.6) is 5.75 Å². The van der Waals surface area contributed by atoms with E-state index in [2.05, 4.69) is 5.32 Å². The van der Waals surface area contributed by atoms with Crippen molar-refractivity contribution in [1.82, 2.24) is 10.2 Å². The predicted molar refractivity (Wildman–Crippen MR) is 92.5 cm³/mol. The van der Waals surface area contributed by atoms with Crippen molar-refractivity contribution < 1.29 is 18.7 Å². The number of rotatable bonds is 5. The minimum absolute atomic E-state index is 0.00236. The second-order valence-corrected chi connectivity index (χ2v) is 6.25. The van der Waals surface area contributed by atoms with Crippen LogP contribution in [0.4, 0.5) is 0 Å². The maximum absolute atomic E-state index is 12.2. The van der Waals surface area contributed by atoms with Crippen LogP contribution < -0.4 is 10.1 Å². The molecule has 6 heteroatoms.